The molecule has 2 nitrogen and oxygen atoms in total. The van der Waals surface area contributed by atoms with Crippen LogP contribution in [-0.2, 0) is 0 Å². The summed E-state index contributed by atoms with van der Waals surface area (Å²) in [5.74, 6) is 0.359. The third-order valence-electron chi connectivity index (χ3n) is 1.44. The van der Waals surface area contributed by atoms with Gasteiger partial charge < -0.3 is 0 Å². The van der Waals surface area contributed by atoms with Gasteiger partial charge in [-0.3, -0.25) is 0 Å². The van der Waals surface area contributed by atoms with Crippen LogP contribution in [0.4, 0.5) is 0 Å². The third-order valence-corrected chi connectivity index (χ3v) is 1.44. The SMILES string of the molecule is C=C1C(C)C1N=O. The van der Waals surface area contributed by atoms with Gasteiger partial charge in [0.1, 0.15) is 6.04 Å². The van der Waals surface area contributed by atoms with Gasteiger partial charge in [-0.25, -0.2) is 0 Å². The smallest absolute Gasteiger partial charge is 0.119 e. The Labute approximate surface area is 42.2 Å². The molecule has 0 bridgehead atoms. The van der Waals surface area contributed by atoms with Crippen molar-refractivity contribution in [3.8, 4) is 0 Å². The molecule has 0 amide bonds. The summed E-state index contributed by atoms with van der Waals surface area (Å²) in [5, 5.41) is 2.81. The van der Waals surface area contributed by atoms with Gasteiger partial charge in [0.05, 0.1) is 0 Å². The molecule has 2 heteroatoms. The quantitative estimate of drug-likeness (QED) is 0.358. The fourth-order valence-corrected chi connectivity index (χ4v) is 0.602. The molecule has 0 aromatic heterocycles. The van der Waals surface area contributed by atoms with Gasteiger partial charge in [-0.15, -0.1) is 0 Å². The van der Waals surface area contributed by atoms with Gasteiger partial charge in [0.25, 0.3) is 0 Å². The first-order valence-corrected chi connectivity index (χ1v) is 2.28. The van der Waals surface area contributed by atoms with Crippen LogP contribution in [0.2, 0.25) is 0 Å². The molecule has 7 heavy (non-hydrogen) atoms. The van der Waals surface area contributed by atoms with Crippen LogP contribution in [0.15, 0.2) is 17.3 Å². The third kappa shape index (κ3) is 0.463. The fourth-order valence-electron chi connectivity index (χ4n) is 0.602. The van der Waals surface area contributed by atoms with Crippen molar-refractivity contribution in [1.82, 2.24) is 0 Å². The molecular formula is C5H7NO. The fraction of sp³-hybridized carbons (Fsp3) is 0.600. The van der Waals surface area contributed by atoms with E-state index in [0.29, 0.717) is 5.92 Å². The Morgan fingerprint density at radius 1 is 1.86 bits per heavy atom. The Hall–Kier alpha value is -0.660. The van der Waals surface area contributed by atoms with Gasteiger partial charge in [-0.2, -0.15) is 4.91 Å². The van der Waals surface area contributed by atoms with Crippen molar-refractivity contribution in [1.29, 1.82) is 0 Å². The molecule has 2 atom stereocenters. The van der Waals surface area contributed by atoms with E-state index in [9.17, 15) is 4.91 Å². The highest BCUT2D eigenvalue weighted by Gasteiger charge is 2.39. The molecule has 2 unspecified atom stereocenters. The van der Waals surface area contributed by atoms with Crippen LogP contribution in [0.3, 0.4) is 0 Å². The van der Waals surface area contributed by atoms with E-state index in [0.717, 1.165) is 5.57 Å². The Bertz CT molecular complexity index is 119. The minimum absolute atomic E-state index is 0.0556. The lowest BCUT2D eigenvalue weighted by Gasteiger charge is -1.65. The second kappa shape index (κ2) is 1.15. The van der Waals surface area contributed by atoms with Crippen molar-refractivity contribution in [2.24, 2.45) is 11.1 Å². The zero-order valence-corrected chi connectivity index (χ0v) is 4.22. The van der Waals surface area contributed by atoms with Crippen LogP contribution in [0.25, 0.3) is 0 Å². The van der Waals surface area contributed by atoms with E-state index in [1.54, 1.807) is 0 Å². The van der Waals surface area contributed by atoms with Crippen molar-refractivity contribution in [3.63, 3.8) is 0 Å². The molecule has 38 valence electrons. The number of hydrogen-bond acceptors (Lipinski definition) is 2. The van der Waals surface area contributed by atoms with Crippen molar-refractivity contribution < 1.29 is 0 Å². The average molecular weight is 97.1 g/mol. The molecular weight excluding hydrogens is 90.1 g/mol. The Morgan fingerprint density at radius 3 is 2.29 bits per heavy atom. The molecule has 1 rings (SSSR count). The zero-order valence-electron chi connectivity index (χ0n) is 4.22. The van der Waals surface area contributed by atoms with Crippen molar-refractivity contribution in [3.05, 3.63) is 17.1 Å². The number of nitroso groups, excluding NO2 is 1. The number of rotatable bonds is 1. The predicted octanol–water partition coefficient (Wildman–Crippen LogP) is 1.33. The van der Waals surface area contributed by atoms with Crippen LogP contribution in [-0.4, -0.2) is 6.04 Å². The van der Waals surface area contributed by atoms with E-state index in [-0.39, 0.29) is 6.04 Å². The summed E-state index contributed by atoms with van der Waals surface area (Å²) >= 11 is 0. The topological polar surface area (TPSA) is 29.4 Å². The van der Waals surface area contributed by atoms with Crippen LogP contribution >= 0.6 is 0 Å². The summed E-state index contributed by atoms with van der Waals surface area (Å²) in [6, 6.07) is -0.0556. The van der Waals surface area contributed by atoms with Crippen molar-refractivity contribution >= 4 is 0 Å². The second-order valence-electron chi connectivity index (χ2n) is 1.91. The van der Waals surface area contributed by atoms with Crippen molar-refractivity contribution in [2.45, 2.75) is 13.0 Å². The predicted molar refractivity (Wildman–Crippen MR) is 27.9 cm³/mol. The van der Waals surface area contributed by atoms with Gasteiger partial charge >= 0.3 is 0 Å². The monoisotopic (exact) mass is 97.1 g/mol. The summed E-state index contributed by atoms with van der Waals surface area (Å²) in [6.07, 6.45) is 0. The first-order valence-electron chi connectivity index (χ1n) is 2.28. The maximum atomic E-state index is 9.68. The second-order valence-corrected chi connectivity index (χ2v) is 1.91. The first-order chi connectivity index (χ1) is 3.27. The zero-order chi connectivity index (χ0) is 5.44. The van der Waals surface area contributed by atoms with E-state index in [1.165, 1.54) is 0 Å². The van der Waals surface area contributed by atoms with Crippen LogP contribution < -0.4 is 0 Å². The van der Waals surface area contributed by atoms with Crippen LogP contribution in [0.1, 0.15) is 6.92 Å². The maximum Gasteiger partial charge on any atom is 0.119 e. The lowest BCUT2D eigenvalue weighted by atomic mass is 10.5. The molecule has 0 aliphatic heterocycles. The Morgan fingerprint density at radius 2 is 2.29 bits per heavy atom. The Balaban J connectivity index is 2.53. The summed E-state index contributed by atoms with van der Waals surface area (Å²) in [7, 11) is 0. The molecule has 0 saturated heterocycles. The van der Waals surface area contributed by atoms with Gasteiger partial charge in [0.2, 0.25) is 0 Å². The molecule has 1 fully saturated rings. The van der Waals surface area contributed by atoms with E-state index in [1.807, 2.05) is 6.92 Å². The molecule has 0 aromatic rings. The van der Waals surface area contributed by atoms with Gasteiger partial charge in [-0.05, 0) is 5.57 Å². The first kappa shape index (κ1) is 4.50. The lowest BCUT2D eigenvalue weighted by Crippen LogP contribution is -1.71. The Kier molecular flexibility index (Phi) is 0.741. The van der Waals surface area contributed by atoms with E-state index >= 15 is 0 Å². The molecule has 1 aliphatic carbocycles. The highest BCUT2D eigenvalue weighted by Crippen LogP contribution is 2.38. The normalized spacial score (nSPS) is 38.1. The summed E-state index contributed by atoms with van der Waals surface area (Å²) in [4.78, 5) is 9.68. The highest BCUT2D eigenvalue weighted by atomic mass is 16.3. The molecule has 0 radical (unpaired) electrons. The standard InChI is InChI=1S/C5H7NO/c1-3-4(2)5(3)6-7/h4-5H,1H2,2H3. The minimum atomic E-state index is -0.0556. The molecule has 0 N–H and O–H groups in total. The van der Waals surface area contributed by atoms with E-state index < -0.39 is 0 Å². The van der Waals surface area contributed by atoms with E-state index in [4.69, 9.17) is 0 Å². The average Bonchev–Trinajstić information content (AvgIpc) is 2.17. The summed E-state index contributed by atoms with van der Waals surface area (Å²) < 4.78 is 0. The highest BCUT2D eigenvalue weighted by molar-refractivity contribution is 5.30. The molecule has 0 heterocycles. The van der Waals surface area contributed by atoms with Crippen LogP contribution in [0, 0.1) is 10.8 Å². The molecule has 1 aliphatic rings. The number of hydrogen-bond donors (Lipinski definition) is 0. The molecule has 1 saturated carbocycles. The summed E-state index contributed by atoms with van der Waals surface area (Å²) in [5.41, 5.74) is 0.981. The number of nitrogens with zero attached hydrogens (tertiary/aromatic N) is 1. The van der Waals surface area contributed by atoms with Crippen molar-refractivity contribution in [2.75, 3.05) is 0 Å². The largest absolute Gasteiger partial charge is 0.150 e. The van der Waals surface area contributed by atoms with Gasteiger partial charge in [0.15, 0.2) is 0 Å². The van der Waals surface area contributed by atoms with E-state index in [2.05, 4.69) is 11.8 Å². The lowest BCUT2D eigenvalue weighted by molar-refractivity contribution is 0.892. The van der Waals surface area contributed by atoms with Crippen LogP contribution in [0.5, 0.6) is 0 Å². The maximum absolute atomic E-state index is 9.68. The summed E-state index contributed by atoms with van der Waals surface area (Å²) in [6.45, 7) is 5.56. The van der Waals surface area contributed by atoms with Gasteiger partial charge in [-0.1, -0.05) is 18.7 Å². The van der Waals surface area contributed by atoms with Gasteiger partial charge in [0, 0.05) is 5.92 Å². The molecule has 0 aromatic carbocycles. The molecule has 0 spiro atoms. The minimum Gasteiger partial charge on any atom is -0.150 e.